The predicted octanol–water partition coefficient (Wildman–Crippen LogP) is 3.33. The molecule has 0 aliphatic heterocycles. The lowest BCUT2D eigenvalue weighted by Crippen LogP contribution is -2.16. The van der Waals surface area contributed by atoms with E-state index in [2.05, 4.69) is 71.5 Å². The van der Waals surface area contributed by atoms with Crippen LogP contribution in [0.15, 0.2) is 42.6 Å². The average Bonchev–Trinajstić information content (AvgIpc) is 2.93. The topological polar surface area (TPSA) is 32.8 Å². The zero-order valence-electron chi connectivity index (χ0n) is 10.7. The monoisotopic (exact) mass is 239 g/mol. The van der Waals surface area contributed by atoms with E-state index >= 15 is 0 Å². The molecule has 0 atom stereocenters. The molecule has 0 aliphatic carbocycles. The van der Waals surface area contributed by atoms with Crippen LogP contribution < -0.4 is 5.43 Å². The molecule has 18 heavy (non-hydrogen) atoms. The third-order valence-corrected chi connectivity index (χ3v) is 3.37. The molecule has 0 saturated heterocycles. The highest BCUT2D eigenvalue weighted by Gasteiger charge is 2.04. The second kappa shape index (κ2) is 4.26. The minimum Gasteiger partial charge on any atom is -0.361 e. The third kappa shape index (κ3) is 1.78. The van der Waals surface area contributed by atoms with Crippen molar-refractivity contribution in [3.05, 3.63) is 59.5 Å². The lowest BCUT2D eigenvalue weighted by Gasteiger charge is -2.12. The lowest BCUT2D eigenvalue weighted by atomic mass is 10.2. The Labute approximate surface area is 106 Å². The van der Waals surface area contributed by atoms with Crippen molar-refractivity contribution in [1.29, 1.82) is 0 Å². The Balaban J connectivity index is 1.85. The maximum Gasteiger partial charge on any atom is 0.0585 e. The fourth-order valence-corrected chi connectivity index (χ4v) is 2.36. The van der Waals surface area contributed by atoms with Gasteiger partial charge in [-0.25, -0.2) is 0 Å². The van der Waals surface area contributed by atoms with Gasteiger partial charge in [0.05, 0.1) is 6.54 Å². The van der Waals surface area contributed by atoms with Crippen LogP contribution in [0.3, 0.4) is 0 Å². The molecular weight excluding hydrogens is 222 g/mol. The number of hydrogen-bond donors (Lipinski definition) is 2. The Morgan fingerprint density at radius 3 is 2.56 bits per heavy atom. The van der Waals surface area contributed by atoms with Crippen LogP contribution in [0.25, 0.3) is 10.9 Å². The first-order valence-electron chi connectivity index (χ1n) is 6.19. The molecule has 0 saturated carbocycles. The molecule has 0 radical (unpaired) electrons. The number of rotatable bonds is 3. The van der Waals surface area contributed by atoms with Gasteiger partial charge in [-0.3, -0.25) is 4.68 Å². The van der Waals surface area contributed by atoms with Gasteiger partial charge in [-0.05, 0) is 37.6 Å². The Hall–Kier alpha value is -2.16. The number of aromatic amines is 1. The van der Waals surface area contributed by atoms with E-state index in [1.54, 1.807) is 0 Å². The summed E-state index contributed by atoms with van der Waals surface area (Å²) in [6.07, 6.45) is 2.08. The van der Waals surface area contributed by atoms with Gasteiger partial charge in [0.25, 0.3) is 0 Å². The standard InChI is InChI=1S/C15H17N3/c1-11-7-8-12(2)18(11)17-10-13-9-16-15-6-4-3-5-14(13)15/h3-9,16-17H,10H2,1-2H3. The molecular formula is C15H17N3. The van der Waals surface area contributed by atoms with E-state index in [4.69, 9.17) is 0 Å². The highest BCUT2D eigenvalue weighted by Crippen LogP contribution is 2.17. The minimum absolute atomic E-state index is 0.820. The maximum atomic E-state index is 3.45. The third-order valence-electron chi connectivity index (χ3n) is 3.37. The van der Waals surface area contributed by atoms with Crippen molar-refractivity contribution in [2.24, 2.45) is 0 Å². The first kappa shape index (κ1) is 11.0. The van der Waals surface area contributed by atoms with Crippen LogP contribution in [0, 0.1) is 13.8 Å². The molecule has 0 unspecified atom stereocenters. The normalized spacial score (nSPS) is 11.0. The molecule has 0 aliphatic rings. The SMILES string of the molecule is Cc1ccc(C)n1NCc1c[nH]c2ccccc12. The number of fused-ring (bicyclic) bond motifs is 1. The van der Waals surface area contributed by atoms with Crippen molar-refractivity contribution in [1.82, 2.24) is 9.66 Å². The summed E-state index contributed by atoms with van der Waals surface area (Å²) >= 11 is 0. The quantitative estimate of drug-likeness (QED) is 0.722. The number of aryl methyl sites for hydroxylation is 2. The number of hydrogen-bond acceptors (Lipinski definition) is 1. The van der Waals surface area contributed by atoms with Crippen LogP contribution in [0.4, 0.5) is 0 Å². The summed E-state index contributed by atoms with van der Waals surface area (Å²) in [5, 5.41) is 1.28. The zero-order chi connectivity index (χ0) is 12.5. The molecule has 0 fully saturated rings. The van der Waals surface area contributed by atoms with Gasteiger partial charge >= 0.3 is 0 Å². The van der Waals surface area contributed by atoms with Crippen molar-refractivity contribution in [3.63, 3.8) is 0 Å². The summed E-state index contributed by atoms with van der Waals surface area (Å²) in [6, 6.07) is 12.6. The van der Waals surface area contributed by atoms with Gasteiger partial charge in [-0.15, -0.1) is 0 Å². The summed E-state index contributed by atoms with van der Waals surface area (Å²) in [4.78, 5) is 3.30. The van der Waals surface area contributed by atoms with Gasteiger partial charge in [0.1, 0.15) is 0 Å². The van der Waals surface area contributed by atoms with E-state index in [9.17, 15) is 0 Å². The van der Waals surface area contributed by atoms with Gasteiger partial charge in [0.2, 0.25) is 0 Å². The van der Waals surface area contributed by atoms with E-state index in [1.807, 2.05) is 0 Å². The number of aromatic nitrogens is 2. The van der Waals surface area contributed by atoms with Crippen molar-refractivity contribution in [2.75, 3.05) is 5.43 Å². The molecule has 1 aromatic carbocycles. The van der Waals surface area contributed by atoms with Gasteiger partial charge in [-0.2, -0.15) is 0 Å². The fraction of sp³-hybridized carbons (Fsp3) is 0.200. The molecule has 0 spiro atoms. The molecule has 2 heterocycles. The Bertz CT molecular complexity index is 656. The second-order valence-corrected chi connectivity index (χ2v) is 4.65. The van der Waals surface area contributed by atoms with Gasteiger partial charge in [-0.1, -0.05) is 18.2 Å². The Morgan fingerprint density at radius 1 is 1.06 bits per heavy atom. The van der Waals surface area contributed by atoms with Crippen molar-refractivity contribution in [2.45, 2.75) is 20.4 Å². The van der Waals surface area contributed by atoms with Crippen LogP contribution in [-0.4, -0.2) is 9.66 Å². The number of nitrogens with one attached hydrogen (secondary N) is 2. The summed E-state index contributed by atoms with van der Waals surface area (Å²) in [5.74, 6) is 0. The Kier molecular flexibility index (Phi) is 2.59. The van der Waals surface area contributed by atoms with Crippen molar-refractivity contribution >= 4 is 10.9 Å². The first-order chi connectivity index (χ1) is 8.75. The molecule has 2 N–H and O–H groups in total. The largest absolute Gasteiger partial charge is 0.361 e. The highest BCUT2D eigenvalue weighted by atomic mass is 15.4. The summed E-state index contributed by atoms with van der Waals surface area (Å²) in [5.41, 5.74) is 8.39. The summed E-state index contributed by atoms with van der Waals surface area (Å²) in [7, 11) is 0. The molecule has 0 amide bonds. The fourth-order valence-electron chi connectivity index (χ4n) is 2.36. The first-order valence-corrected chi connectivity index (χ1v) is 6.19. The highest BCUT2D eigenvalue weighted by molar-refractivity contribution is 5.83. The van der Waals surface area contributed by atoms with Crippen LogP contribution in [-0.2, 0) is 6.54 Å². The average molecular weight is 239 g/mol. The second-order valence-electron chi connectivity index (χ2n) is 4.65. The van der Waals surface area contributed by atoms with Crippen LogP contribution >= 0.6 is 0 Å². The van der Waals surface area contributed by atoms with Crippen molar-refractivity contribution < 1.29 is 0 Å². The number of para-hydroxylation sites is 1. The molecule has 3 heteroatoms. The van der Waals surface area contributed by atoms with Crippen LogP contribution in [0.5, 0.6) is 0 Å². The van der Waals surface area contributed by atoms with Gasteiger partial charge < -0.3 is 10.4 Å². The molecule has 0 bridgehead atoms. The maximum absolute atomic E-state index is 3.45. The number of nitrogens with zero attached hydrogens (tertiary/aromatic N) is 1. The smallest absolute Gasteiger partial charge is 0.0585 e. The van der Waals surface area contributed by atoms with E-state index in [-0.39, 0.29) is 0 Å². The summed E-state index contributed by atoms with van der Waals surface area (Å²) < 4.78 is 2.13. The Morgan fingerprint density at radius 2 is 1.78 bits per heavy atom. The number of H-pyrrole nitrogens is 1. The van der Waals surface area contributed by atoms with E-state index < -0.39 is 0 Å². The zero-order valence-corrected chi connectivity index (χ0v) is 10.7. The van der Waals surface area contributed by atoms with E-state index in [0.717, 1.165) is 6.54 Å². The molecule has 3 rings (SSSR count). The molecule has 92 valence electrons. The summed E-state index contributed by atoms with van der Waals surface area (Å²) in [6.45, 7) is 5.03. The van der Waals surface area contributed by atoms with E-state index in [1.165, 1.54) is 27.9 Å². The minimum atomic E-state index is 0.820. The number of benzene rings is 1. The molecule has 2 aromatic heterocycles. The van der Waals surface area contributed by atoms with Crippen LogP contribution in [0.2, 0.25) is 0 Å². The van der Waals surface area contributed by atoms with Gasteiger partial charge in [0, 0.05) is 28.5 Å². The van der Waals surface area contributed by atoms with Crippen molar-refractivity contribution in [3.8, 4) is 0 Å². The molecule has 3 aromatic rings. The predicted molar refractivity (Wildman–Crippen MR) is 75.3 cm³/mol. The van der Waals surface area contributed by atoms with Crippen LogP contribution in [0.1, 0.15) is 17.0 Å². The lowest BCUT2D eigenvalue weighted by molar-refractivity contribution is 0.794. The molecule has 3 nitrogen and oxygen atoms in total. The van der Waals surface area contributed by atoms with E-state index in [0.29, 0.717) is 0 Å². The van der Waals surface area contributed by atoms with Gasteiger partial charge in [0.15, 0.2) is 0 Å².